The molecule has 0 saturated carbocycles. The Bertz CT molecular complexity index is 811. The van der Waals surface area contributed by atoms with Gasteiger partial charge in [0.1, 0.15) is 13.2 Å². The molecule has 1 aromatic carbocycles. The molecule has 0 unspecified atom stereocenters. The number of nitriles is 1. The van der Waals surface area contributed by atoms with Gasteiger partial charge in [-0.3, -0.25) is 0 Å². The summed E-state index contributed by atoms with van der Waals surface area (Å²) in [7, 11) is 4.36. The standard InChI is InChI=1S/C16H23NO5.CHNO3S/c1-17(2,3)8-9-22-15(18)7-6-12-10-13(20-4)16(19)14(11-12)21-5;2-1-6(3,4)5/h6-7,10-11H,8-9H2,1-5H3;(H,3,4,5). The Kier molecular flexibility index (Phi) is 10.0. The first kappa shape index (κ1) is 25.2. The molecular weight excluding hydrogens is 392 g/mol. The molecule has 0 aromatic heterocycles. The number of phenols is 1. The average molecular weight is 416 g/mol. The molecule has 1 rings (SSSR count). The summed E-state index contributed by atoms with van der Waals surface area (Å²) < 4.78 is 43.2. The number of aromatic hydroxyl groups is 1. The minimum absolute atomic E-state index is 0.0762. The lowest BCUT2D eigenvalue weighted by atomic mass is 10.1. The molecule has 0 amide bonds. The SMILES string of the molecule is COc1cc(C=CC(=O)OCC[N+](C)(C)C)cc(OC)c1O.N#CS(=O)(=O)[O-]. The highest BCUT2D eigenvalue weighted by Crippen LogP contribution is 2.37. The van der Waals surface area contributed by atoms with E-state index in [2.05, 4.69) is 0 Å². The number of thiocyanates is 1. The van der Waals surface area contributed by atoms with Gasteiger partial charge in [-0.1, -0.05) is 0 Å². The Hall–Kier alpha value is -2.81. The molecule has 1 N–H and O–H groups in total. The zero-order chi connectivity index (χ0) is 22.0. The van der Waals surface area contributed by atoms with E-state index in [-0.39, 0.29) is 17.2 Å². The van der Waals surface area contributed by atoms with Crippen LogP contribution in [0.1, 0.15) is 5.56 Å². The Morgan fingerprint density at radius 2 is 1.71 bits per heavy atom. The van der Waals surface area contributed by atoms with E-state index in [1.807, 2.05) is 21.1 Å². The normalized spacial score (nSPS) is 11.2. The molecule has 1 aromatic rings. The molecule has 0 aliphatic carbocycles. The van der Waals surface area contributed by atoms with Crippen LogP contribution in [0.4, 0.5) is 0 Å². The second kappa shape index (κ2) is 11.1. The molecule has 0 saturated heterocycles. The van der Waals surface area contributed by atoms with Crippen LogP contribution in [0.15, 0.2) is 18.2 Å². The van der Waals surface area contributed by atoms with Gasteiger partial charge < -0.3 is 28.4 Å². The number of phenolic OH excluding ortho intramolecular Hbond substituents is 1. The predicted octanol–water partition coefficient (Wildman–Crippen LogP) is 0.685. The van der Waals surface area contributed by atoms with Crippen molar-refractivity contribution in [1.82, 2.24) is 0 Å². The van der Waals surface area contributed by atoms with E-state index in [0.29, 0.717) is 17.6 Å². The first-order chi connectivity index (χ1) is 12.8. The summed E-state index contributed by atoms with van der Waals surface area (Å²) >= 11 is 0. The fourth-order valence-corrected chi connectivity index (χ4v) is 1.64. The fraction of sp³-hybridized carbons (Fsp3) is 0.412. The number of quaternary nitrogens is 1. The number of esters is 1. The van der Waals surface area contributed by atoms with Crippen molar-refractivity contribution in [2.75, 3.05) is 48.5 Å². The largest absolute Gasteiger partial charge is 0.736 e. The van der Waals surface area contributed by atoms with Gasteiger partial charge in [-0.2, -0.15) is 5.26 Å². The van der Waals surface area contributed by atoms with E-state index in [4.69, 9.17) is 32.4 Å². The Morgan fingerprint density at radius 3 is 2.07 bits per heavy atom. The predicted molar refractivity (Wildman–Crippen MR) is 99.4 cm³/mol. The fourth-order valence-electron chi connectivity index (χ4n) is 1.64. The van der Waals surface area contributed by atoms with Crippen molar-refractivity contribution in [3.8, 4) is 22.6 Å². The smallest absolute Gasteiger partial charge is 0.330 e. The van der Waals surface area contributed by atoms with E-state index in [0.717, 1.165) is 11.0 Å². The van der Waals surface area contributed by atoms with E-state index in [9.17, 15) is 9.90 Å². The van der Waals surface area contributed by atoms with E-state index in [1.54, 1.807) is 18.2 Å². The van der Waals surface area contributed by atoms with Crippen LogP contribution in [0.3, 0.4) is 0 Å². The Labute approximate surface area is 164 Å². The highest BCUT2D eigenvalue weighted by molar-refractivity contribution is 7.90. The molecule has 0 spiro atoms. The highest BCUT2D eigenvalue weighted by atomic mass is 32.2. The highest BCUT2D eigenvalue weighted by Gasteiger charge is 2.11. The average Bonchev–Trinajstić information content (AvgIpc) is 2.59. The van der Waals surface area contributed by atoms with Crippen molar-refractivity contribution in [3.63, 3.8) is 0 Å². The summed E-state index contributed by atoms with van der Waals surface area (Å²) in [5.41, 5.74) is 0.662. The maximum absolute atomic E-state index is 11.7. The Morgan fingerprint density at radius 1 is 1.25 bits per heavy atom. The van der Waals surface area contributed by atoms with Crippen LogP contribution in [0.2, 0.25) is 0 Å². The van der Waals surface area contributed by atoms with Crippen LogP contribution in [-0.2, 0) is 19.6 Å². The number of rotatable bonds is 7. The van der Waals surface area contributed by atoms with E-state index >= 15 is 0 Å². The van der Waals surface area contributed by atoms with Crippen molar-refractivity contribution in [3.05, 3.63) is 23.8 Å². The monoisotopic (exact) mass is 416 g/mol. The lowest BCUT2D eigenvalue weighted by molar-refractivity contribution is -0.870. The molecular formula is C17H24N2O8S. The third kappa shape index (κ3) is 11.0. The Balaban J connectivity index is 0.00000105. The minimum Gasteiger partial charge on any atom is -0.736 e. The molecule has 0 fully saturated rings. The molecule has 0 aliphatic rings. The van der Waals surface area contributed by atoms with Crippen molar-refractivity contribution in [2.24, 2.45) is 0 Å². The minimum atomic E-state index is -4.61. The summed E-state index contributed by atoms with van der Waals surface area (Å²) in [5, 5.41) is 17.6. The second-order valence-corrected chi connectivity index (χ2v) is 7.43. The summed E-state index contributed by atoms with van der Waals surface area (Å²) in [6.45, 7) is 1.09. The molecule has 10 nitrogen and oxygen atoms in total. The zero-order valence-corrected chi connectivity index (χ0v) is 17.1. The number of likely N-dealkylation sites (N-methyl/N-ethyl adjacent to an activating group) is 1. The summed E-state index contributed by atoms with van der Waals surface area (Å²) in [4.78, 5) is 11.7. The summed E-state index contributed by atoms with van der Waals surface area (Å²) in [6, 6.07) is 3.21. The maximum Gasteiger partial charge on any atom is 0.330 e. The van der Waals surface area contributed by atoms with Gasteiger partial charge in [0.15, 0.2) is 27.0 Å². The number of benzene rings is 1. The summed E-state index contributed by atoms with van der Waals surface area (Å²) in [5.74, 6) is 0.0573. The number of carbonyl (C=O) groups excluding carboxylic acids is 1. The van der Waals surface area contributed by atoms with Crippen molar-refractivity contribution >= 4 is 22.2 Å². The van der Waals surface area contributed by atoms with Crippen LogP contribution in [0, 0.1) is 10.7 Å². The third-order valence-electron chi connectivity index (χ3n) is 3.03. The third-order valence-corrected chi connectivity index (χ3v) is 3.26. The van der Waals surface area contributed by atoms with Gasteiger partial charge in [-0.05, 0) is 23.8 Å². The number of carbonyl (C=O) groups is 1. The van der Waals surface area contributed by atoms with Gasteiger partial charge in [0.05, 0.1) is 35.4 Å². The molecule has 28 heavy (non-hydrogen) atoms. The molecule has 0 radical (unpaired) electrons. The molecule has 156 valence electrons. The zero-order valence-electron chi connectivity index (χ0n) is 16.3. The first-order valence-electron chi connectivity index (χ1n) is 7.80. The number of methoxy groups -OCH3 is 2. The topological polar surface area (TPSA) is 146 Å². The molecule has 0 atom stereocenters. The van der Waals surface area contributed by atoms with E-state index < -0.39 is 16.1 Å². The quantitative estimate of drug-likeness (QED) is 0.169. The van der Waals surface area contributed by atoms with Crippen LogP contribution < -0.4 is 9.47 Å². The van der Waals surface area contributed by atoms with Crippen molar-refractivity contribution in [1.29, 1.82) is 5.26 Å². The van der Waals surface area contributed by atoms with Crippen molar-refractivity contribution < 1.29 is 41.6 Å². The lowest BCUT2D eigenvalue weighted by Gasteiger charge is -2.23. The van der Waals surface area contributed by atoms with Crippen LogP contribution in [0.25, 0.3) is 6.08 Å². The summed E-state index contributed by atoms with van der Waals surface area (Å²) in [6.07, 6.45) is 2.92. The van der Waals surface area contributed by atoms with Gasteiger partial charge >= 0.3 is 5.97 Å². The van der Waals surface area contributed by atoms with Gasteiger partial charge in [-0.25, -0.2) is 13.2 Å². The molecule has 0 bridgehead atoms. The van der Waals surface area contributed by atoms with Gasteiger partial charge in [0.2, 0.25) is 5.75 Å². The maximum atomic E-state index is 11.7. The van der Waals surface area contributed by atoms with Gasteiger partial charge in [0, 0.05) is 6.08 Å². The van der Waals surface area contributed by atoms with Crippen LogP contribution >= 0.6 is 0 Å². The van der Waals surface area contributed by atoms with Gasteiger partial charge in [-0.15, -0.1) is 0 Å². The first-order valence-corrected chi connectivity index (χ1v) is 9.20. The molecule has 11 heteroatoms. The molecule has 0 heterocycles. The number of hydrogen-bond donors (Lipinski definition) is 1. The van der Waals surface area contributed by atoms with Crippen molar-refractivity contribution in [2.45, 2.75) is 0 Å². The van der Waals surface area contributed by atoms with Crippen LogP contribution in [0.5, 0.6) is 17.2 Å². The van der Waals surface area contributed by atoms with Crippen LogP contribution in [-0.4, -0.2) is 77.0 Å². The number of ether oxygens (including phenoxy) is 3. The number of hydrogen-bond acceptors (Lipinski definition) is 9. The molecule has 0 aliphatic heterocycles. The van der Waals surface area contributed by atoms with E-state index in [1.165, 1.54) is 20.3 Å². The number of nitrogens with zero attached hydrogens (tertiary/aromatic N) is 2. The van der Waals surface area contributed by atoms with Gasteiger partial charge in [0.25, 0.3) is 0 Å². The second-order valence-electron chi connectivity index (χ2n) is 6.33. The lowest BCUT2D eigenvalue weighted by Crippen LogP contribution is -2.37.